The van der Waals surface area contributed by atoms with E-state index < -0.39 is 0 Å². The SMILES string of the molecule is CCCCC1CCC(C(=O)N2CCCC(NC(=O)OCC)C2)CC1. The minimum Gasteiger partial charge on any atom is -0.450 e. The van der Waals surface area contributed by atoms with E-state index in [0.717, 1.165) is 38.1 Å². The molecule has 1 aliphatic heterocycles. The maximum Gasteiger partial charge on any atom is 0.407 e. The molecule has 2 aliphatic rings. The van der Waals surface area contributed by atoms with Gasteiger partial charge in [-0.25, -0.2) is 4.79 Å². The Morgan fingerprint density at radius 2 is 1.88 bits per heavy atom. The van der Waals surface area contributed by atoms with Gasteiger partial charge in [-0.1, -0.05) is 26.2 Å². The Kier molecular flexibility index (Phi) is 7.86. The summed E-state index contributed by atoms with van der Waals surface area (Å²) in [4.78, 5) is 26.4. The average molecular weight is 338 g/mol. The van der Waals surface area contributed by atoms with Crippen LogP contribution < -0.4 is 5.32 Å². The fourth-order valence-electron chi connectivity index (χ4n) is 4.08. The Morgan fingerprint density at radius 1 is 1.12 bits per heavy atom. The van der Waals surface area contributed by atoms with Gasteiger partial charge >= 0.3 is 6.09 Å². The predicted molar refractivity (Wildman–Crippen MR) is 94.7 cm³/mol. The van der Waals surface area contributed by atoms with E-state index in [1.54, 1.807) is 6.92 Å². The highest BCUT2D eigenvalue weighted by Crippen LogP contribution is 2.33. The first-order valence-electron chi connectivity index (χ1n) is 9.86. The first kappa shape index (κ1) is 19.1. The second kappa shape index (κ2) is 9.90. The molecule has 1 heterocycles. The van der Waals surface area contributed by atoms with Crippen LogP contribution in [0.1, 0.15) is 71.6 Å². The number of nitrogens with zero attached hydrogens (tertiary/aromatic N) is 1. The molecule has 0 aromatic rings. The number of rotatable bonds is 6. The van der Waals surface area contributed by atoms with E-state index >= 15 is 0 Å². The number of alkyl carbamates (subject to hydrolysis) is 1. The van der Waals surface area contributed by atoms with Crippen LogP contribution in [0, 0.1) is 11.8 Å². The number of ether oxygens (including phenoxy) is 1. The van der Waals surface area contributed by atoms with Gasteiger partial charge in [0.05, 0.1) is 6.61 Å². The molecule has 2 amide bonds. The molecule has 2 rings (SSSR count). The van der Waals surface area contributed by atoms with Gasteiger partial charge in [0.1, 0.15) is 0 Å². The van der Waals surface area contributed by atoms with Crippen molar-refractivity contribution in [3.63, 3.8) is 0 Å². The first-order chi connectivity index (χ1) is 11.6. The highest BCUT2D eigenvalue weighted by Gasteiger charge is 2.32. The van der Waals surface area contributed by atoms with Gasteiger partial charge in [-0.3, -0.25) is 4.79 Å². The molecule has 2 fully saturated rings. The lowest BCUT2D eigenvalue weighted by Crippen LogP contribution is -2.51. The van der Waals surface area contributed by atoms with E-state index in [2.05, 4.69) is 12.2 Å². The average Bonchev–Trinajstić information content (AvgIpc) is 2.60. The molecule has 1 aliphatic carbocycles. The topological polar surface area (TPSA) is 58.6 Å². The Labute approximate surface area is 146 Å². The first-order valence-corrected chi connectivity index (χ1v) is 9.86. The van der Waals surface area contributed by atoms with Crippen molar-refractivity contribution in [3.8, 4) is 0 Å². The Morgan fingerprint density at radius 3 is 2.54 bits per heavy atom. The van der Waals surface area contributed by atoms with Crippen LogP contribution in [0.25, 0.3) is 0 Å². The maximum atomic E-state index is 12.8. The van der Waals surface area contributed by atoms with Crippen molar-refractivity contribution in [3.05, 3.63) is 0 Å². The fraction of sp³-hybridized carbons (Fsp3) is 0.895. The van der Waals surface area contributed by atoms with Crippen LogP contribution in [-0.4, -0.2) is 42.6 Å². The molecule has 5 heteroatoms. The molecule has 0 radical (unpaired) electrons. The standard InChI is InChI=1S/C19H34N2O3/c1-3-5-7-15-9-11-16(12-10-15)18(22)21-13-6-8-17(14-21)20-19(23)24-4-2/h15-17H,3-14H2,1-2H3,(H,20,23). The van der Waals surface area contributed by atoms with Gasteiger partial charge in [0.25, 0.3) is 0 Å². The molecule has 24 heavy (non-hydrogen) atoms. The van der Waals surface area contributed by atoms with Crippen molar-refractivity contribution < 1.29 is 14.3 Å². The minimum absolute atomic E-state index is 0.0302. The molecule has 1 atom stereocenters. The molecule has 1 saturated carbocycles. The monoisotopic (exact) mass is 338 g/mol. The smallest absolute Gasteiger partial charge is 0.407 e. The number of carbonyl (C=O) groups excluding carboxylic acids is 2. The number of likely N-dealkylation sites (tertiary alicyclic amines) is 1. The van der Waals surface area contributed by atoms with Crippen molar-refractivity contribution in [2.45, 2.75) is 77.7 Å². The zero-order valence-electron chi connectivity index (χ0n) is 15.4. The molecule has 0 aromatic heterocycles. The van der Waals surface area contributed by atoms with E-state index in [9.17, 15) is 9.59 Å². The van der Waals surface area contributed by atoms with E-state index in [0.29, 0.717) is 19.1 Å². The molecular formula is C19H34N2O3. The molecule has 1 N–H and O–H groups in total. The molecule has 1 saturated heterocycles. The lowest BCUT2D eigenvalue weighted by molar-refractivity contribution is -0.138. The summed E-state index contributed by atoms with van der Waals surface area (Å²) in [5.41, 5.74) is 0. The van der Waals surface area contributed by atoms with Crippen molar-refractivity contribution in [1.82, 2.24) is 10.2 Å². The number of hydrogen-bond donors (Lipinski definition) is 1. The molecule has 1 unspecified atom stereocenters. The molecule has 5 nitrogen and oxygen atoms in total. The van der Waals surface area contributed by atoms with Crippen molar-refractivity contribution in [2.24, 2.45) is 11.8 Å². The third-order valence-corrected chi connectivity index (χ3v) is 5.49. The summed E-state index contributed by atoms with van der Waals surface area (Å²) in [7, 11) is 0. The lowest BCUT2D eigenvalue weighted by atomic mass is 9.79. The van der Waals surface area contributed by atoms with Crippen LogP contribution in [0.2, 0.25) is 0 Å². The van der Waals surface area contributed by atoms with Gasteiger partial charge in [0.2, 0.25) is 5.91 Å². The van der Waals surface area contributed by atoms with Crippen LogP contribution in [-0.2, 0) is 9.53 Å². The van der Waals surface area contributed by atoms with Crippen molar-refractivity contribution in [1.29, 1.82) is 0 Å². The predicted octanol–water partition coefficient (Wildman–Crippen LogP) is 3.72. The lowest BCUT2D eigenvalue weighted by Gasteiger charge is -2.37. The van der Waals surface area contributed by atoms with Gasteiger partial charge < -0.3 is 15.0 Å². The molecule has 0 aromatic carbocycles. The number of nitrogens with one attached hydrogen (secondary N) is 1. The second-order valence-electron chi connectivity index (χ2n) is 7.35. The summed E-state index contributed by atoms with van der Waals surface area (Å²) in [5, 5.41) is 2.88. The normalized spacial score (nSPS) is 27.6. The van der Waals surface area contributed by atoms with E-state index in [1.807, 2.05) is 4.90 Å². The number of unbranched alkanes of at least 4 members (excludes halogenated alkanes) is 1. The van der Waals surface area contributed by atoms with Gasteiger partial charge in [-0.2, -0.15) is 0 Å². The minimum atomic E-state index is -0.367. The highest BCUT2D eigenvalue weighted by atomic mass is 16.5. The van der Waals surface area contributed by atoms with Crippen molar-refractivity contribution >= 4 is 12.0 Å². The summed E-state index contributed by atoms with van der Waals surface area (Å²) in [6.07, 6.45) is 9.91. The van der Waals surface area contributed by atoms with Crippen LogP contribution in [0.15, 0.2) is 0 Å². The molecular weight excluding hydrogens is 304 g/mol. The number of hydrogen-bond acceptors (Lipinski definition) is 3. The number of amides is 2. The summed E-state index contributed by atoms with van der Waals surface area (Å²) in [6.45, 7) is 5.88. The van der Waals surface area contributed by atoms with Crippen LogP contribution in [0.3, 0.4) is 0 Å². The Hall–Kier alpha value is -1.26. The van der Waals surface area contributed by atoms with Gasteiger partial charge in [0, 0.05) is 25.0 Å². The van der Waals surface area contributed by atoms with Crippen LogP contribution in [0.4, 0.5) is 4.79 Å². The largest absolute Gasteiger partial charge is 0.450 e. The highest BCUT2D eigenvalue weighted by molar-refractivity contribution is 5.79. The molecule has 0 bridgehead atoms. The quantitative estimate of drug-likeness (QED) is 0.803. The van der Waals surface area contributed by atoms with Crippen LogP contribution in [0.5, 0.6) is 0 Å². The number of carbonyl (C=O) groups is 2. The van der Waals surface area contributed by atoms with Gasteiger partial charge in [-0.15, -0.1) is 0 Å². The number of piperidine rings is 1. The summed E-state index contributed by atoms with van der Waals surface area (Å²) in [5.74, 6) is 1.33. The fourth-order valence-corrected chi connectivity index (χ4v) is 4.08. The van der Waals surface area contributed by atoms with Crippen molar-refractivity contribution in [2.75, 3.05) is 19.7 Å². The summed E-state index contributed by atoms with van der Waals surface area (Å²) in [6, 6.07) is 0.0302. The summed E-state index contributed by atoms with van der Waals surface area (Å²) >= 11 is 0. The van der Waals surface area contributed by atoms with Crippen LogP contribution >= 0.6 is 0 Å². The van der Waals surface area contributed by atoms with E-state index in [-0.39, 0.29) is 18.1 Å². The zero-order valence-corrected chi connectivity index (χ0v) is 15.4. The molecule has 138 valence electrons. The second-order valence-corrected chi connectivity index (χ2v) is 7.35. The van der Waals surface area contributed by atoms with E-state index in [4.69, 9.17) is 4.74 Å². The third kappa shape index (κ3) is 5.67. The Bertz CT molecular complexity index is 405. The van der Waals surface area contributed by atoms with Gasteiger partial charge in [-0.05, 0) is 51.4 Å². The third-order valence-electron chi connectivity index (χ3n) is 5.49. The van der Waals surface area contributed by atoms with E-state index in [1.165, 1.54) is 32.1 Å². The Balaban J connectivity index is 1.76. The molecule has 0 spiro atoms. The summed E-state index contributed by atoms with van der Waals surface area (Å²) < 4.78 is 4.95. The maximum absolute atomic E-state index is 12.8. The van der Waals surface area contributed by atoms with Gasteiger partial charge in [0.15, 0.2) is 0 Å². The zero-order chi connectivity index (χ0) is 17.4.